The van der Waals surface area contributed by atoms with Crippen LogP contribution >= 0.6 is 0 Å². The summed E-state index contributed by atoms with van der Waals surface area (Å²) in [5, 5.41) is 78.1. The van der Waals surface area contributed by atoms with Crippen LogP contribution in [0.5, 0.6) is 0 Å². The van der Waals surface area contributed by atoms with Crippen molar-refractivity contribution in [2.75, 3.05) is 0 Å². The molecule has 20 heteroatoms. The number of hydrogen-bond donors (Lipinski definition) is 4. The van der Waals surface area contributed by atoms with Crippen molar-refractivity contribution in [3.05, 3.63) is 289 Å². The van der Waals surface area contributed by atoms with Gasteiger partial charge in [-0.25, -0.2) is 4.79 Å². The number of hydrogen-bond acceptors (Lipinski definition) is 17. The zero-order valence-electron chi connectivity index (χ0n) is 72.9. The van der Waals surface area contributed by atoms with Gasteiger partial charge in [0.25, 0.3) is 0 Å². The Labute approximate surface area is 714 Å². The molecule has 2 amide bonds. The standard InChI is InChI=1S/2C15H18N2O.2C15H16N2.C14H12N2O2.C14H14N2O.C14H12N2O/c2*1-4-11-6-5-7-12-10(3)17-14(8-13(11)12)9(2)15(16)18;2*1-4-12-6-5-7-13-11(3)17-15(8-14(12)13)10(2)9-16;1-8(7-15)13-6-12-10(9(2)16-13)4-3-5-11(12)14(17)18;2*1-9(7-15)14-6-13-11(8-17)4-3-5-12(13)10(2)16-14/h2*5-9H,4H2,1-3H3,(H2,16,18);2*5-8,10H,4H2,1-3H3;3-6,8H,1-2H3,(H,17,18);3-6,9,17H,8H2,1-2H3;3-6,8-9H,1-2H3. The maximum Gasteiger partial charge on any atom is 0.336 e. The molecule has 0 fully saturated rings. The van der Waals surface area contributed by atoms with Crippen LogP contribution in [0.4, 0.5) is 0 Å². The Morgan fingerprint density at radius 3 is 0.787 bits per heavy atom. The Kier molecular flexibility index (Phi) is 32.9. The number of amides is 2. The molecule has 0 saturated heterocycles. The number of carboxylic acids is 1. The fourth-order valence-corrected chi connectivity index (χ4v) is 14.5. The molecule has 7 aromatic heterocycles. The Balaban J connectivity index is 0.000000177. The van der Waals surface area contributed by atoms with E-state index in [4.69, 9.17) is 37.8 Å². The average molecular weight is 1620 g/mol. The van der Waals surface area contributed by atoms with Crippen LogP contribution in [0.1, 0.15) is 246 Å². The topological polar surface area (TPSA) is 370 Å². The number of carbonyl (C=O) groups is 4. The van der Waals surface area contributed by atoms with Crippen molar-refractivity contribution < 1.29 is 29.4 Å². The molecule has 620 valence electrons. The Morgan fingerprint density at radius 1 is 0.328 bits per heavy atom. The lowest BCUT2D eigenvalue weighted by atomic mass is 9.98. The van der Waals surface area contributed by atoms with Gasteiger partial charge in [0.05, 0.1) is 124 Å². The van der Waals surface area contributed by atoms with E-state index in [1.807, 2.05) is 142 Å². The lowest BCUT2D eigenvalue weighted by Gasteiger charge is -2.12. The number of carbonyl (C=O) groups excluding carboxylic acids is 3. The first-order valence-electron chi connectivity index (χ1n) is 40.9. The number of aliphatic hydroxyl groups is 1. The van der Waals surface area contributed by atoms with Gasteiger partial charge in [0.15, 0.2) is 6.29 Å². The van der Waals surface area contributed by atoms with Crippen LogP contribution in [-0.2, 0) is 41.9 Å². The number of nitrogens with zero attached hydrogens (tertiary/aromatic N) is 12. The minimum atomic E-state index is -0.971. The molecule has 6 N–H and O–H groups in total. The van der Waals surface area contributed by atoms with Crippen LogP contribution < -0.4 is 11.5 Å². The first kappa shape index (κ1) is 93.4. The predicted molar refractivity (Wildman–Crippen MR) is 487 cm³/mol. The van der Waals surface area contributed by atoms with Gasteiger partial charge in [0.2, 0.25) is 11.8 Å². The van der Waals surface area contributed by atoms with Crippen LogP contribution in [0.3, 0.4) is 0 Å². The molecular formula is C102H106N14O6. The fraction of sp³-hybridized carbons (Fsp3) is 0.294. The second kappa shape index (κ2) is 43.0. The van der Waals surface area contributed by atoms with Crippen LogP contribution in [0.2, 0.25) is 0 Å². The minimum Gasteiger partial charge on any atom is -0.478 e. The van der Waals surface area contributed by atoms with E-state index >= 15 is 0 Å². The fourth-order valence-electron chi connectivity index (χ4n) is 14.5. The third-order valence-electron chi connectivity index (χ3n) is 22.1. The van der Waals surface area contributed by atoms with Gasteiger partial charge in [0.1, 0.15) is 0 Å². The third kappa shape index (κ3) is 22.0. The van der Waals surface area contributed by atoms with Crippen molar-refractivity contribution in [2.45, 2.75) is 198 Å². The van der Waals surface area contributed by atoms with E-state index in [1.54, 1.807) is 52.0 Å². The predicted octanol–water partition coefficient (Wildman–Crippen LogP) is 21.4. The van der Waals surface area contributed by atoms with E-state index in [-0.39, 0.29) is 65.4 Å². The highest BCUT2D eigenvalue weighted by molar-refractivity contribution is 6.05. The maximum atomic E-state index is 11.3. The number of aliphatic hydroxyl groups excluding tert-OH is 1. The van der Waals surface area contributed by atoms with Crippen molar-refractivity contribution in [1.29, 1.82) is 26.3 Å². The molecule has 0 aliphatic rings. The Morgan fingerprint density at radius 2 is 0.541 bits per heavy atom. The van der Waals surface area contributed by atoms with Crippen molar-refractivity contribution >= 4 is 99.5 Å². The molecule has 0 aliphatic heterocycles. The summed E-state index contributed by atoms with van der Waals surface area (Å²) >= 11 is 0. The van der Waals surface area contributed by atoms with E-state index < -0.39 is 5.97 Å². The molecule has 14 rings (SSSR count). The first-order chi connectivity index (χ1) is 58.3. The van der Waals surface area contributed by atoms with Gasteiger partial charge in [-0.1, -0.05) is 149 Å². The highest BCUT2D eigenvalue weighted by Crippen LogP contribution is 2.33. The summed E-state index contributed by atoms with van der Waals surface area (Å²) in [5.41, 5.74) is 29.4. The lowest BCUT2D eigenvalue weighted by Crippen LogP contribution is -2.20. The Hall–Kier alpha value is -14.1. The number of aromatic carboxylic acids is 1. The van der Waals surface area contributed by atoms with Gasteiger partial charge in [-0.2, -0.15) is 26.3 Å². The molecule has 0 saturated carbocycles. The summed E-state index contributed by atoms with van der Waals surface area (Å²) in [7, 11) is 0. The monoisotopic (exact) mass is 1620 g/mol. The van der Waals surface area contributed by atoms with Crippen LogP contribution in [0.15, 0.2) is 170 Å². The van der Waals surface area contributed by atoms with E-state index in [1.165, 1.54) is 54.6 Å². The summed E-state index contributed by atoms with van der Waals surface area (Å²) in [6.45, 7) is 34.9. The minimum absolute atomic E-state index is 0.00116. The van der Waals surface area contributed by atoms with Crippen molar-refractivity contribution in [3.63, 3.8) is 0 Å². The van der Waals surface area contributed by atoms with Crippen molar-refractivity contribution in [2.24, 2.45) is 11.5 Å². The smallest absolute Gasteiger partial charge is 0.336 e. The average Bonchev–Trinajstić information content (AvgIpc) is 0.806. The number of pyridine rings is 7. The van der Waals surface area contributed by atoms with Crippen LogP contribution in [0.25, 0.3) is 75.4 Å². The van der Waals surface area contributed by atoms with Crippen molar-refractivity contribution in [1.82, 2.24) is 34.9 Å². The van der Waals surface area contributed by atoms with Gasteiger partial charge in [-0.3, -0.25) is 49.3 Å². The first-order valence-corrected chi connectivity index (χ1v) is 40.9. The highest BCUT2D eigenvalue weighted by atomic mass is 16.4. The third-order valence-corrected chi connectivity index (χ3v) is 22.1. The van der Waals surface area contributed by atoms with Gasteiger partial charge < -0.3 is 21.7 Å². The SMILES string of the molecule is CCc1cccc2c(C)nc(C(C)C#N)cc12.CCc1cccc2c(C)nc(C(C)C#N)cc12.CCc1cccc2c(C)nc(C(C)C(N)=O)cc12.CCc1cccc2c(C)nc(C(C)C(N)=O)cc12.Cc1nc(C(C)C#N)cc2c(C(=O)O)cccc12.Cc1nc(C(C)C#N)cc2c(C=O)cccc12.Cc1nc(C(C)C#N)cc2c(CO)cccc12. The largest absolute Gasteiger partial charge is 0.478 e. The number of primary amides is 2. The number of rotatable bonds is 16. The number of aromatic nitrogens is 7. The summed E-state index contributed by atoms with van der Waals surface area (Å²) in [6, 6.07) is 66.0. The zero-order valence-corrected chi connectivity index (χ0v) is 72.9. The van der Waals surface area contributed by atoms with E-state index in [0.29, 0.717) is 22.3 Å². The number of aldehydes is 1. The van der Waals surface area contributed by atoms with Gasteiger partial charge in [-0.15, -0.1) is 0 Å². The molecule has 14 aromatic rings. The maximum absolute atomic E-state index is 11.3. The van der Waals surface area contributed by atoms with Crippen LogP contribution in [-0.4, -0.2) is 69.2 Å². The van der Waals surface area contributed by atoms with Gasteiger partial charge >= 0.3 is 5.97 Å². The highest BCUT2D eigenvalue weighted by Gasteiger charge is 2.21. The molecule has 7 atom stereocenters. The number of fused-ring (bicyclic) bond motifs is 7. The van der Waals surface area contributed by atoms with Gasteiger partial charge in [0, 0.05) is 83.1 Å². The molecule has 122 heavy (non-hydrogen) atoms. The summed E-state index contributed by atoms with van der Waals surface area (Å²) < 4.78 is 0. The molecule has 7 heterocycles. The molecular weight excluding hydrogens is 1520 g/mol. The molecule has 7 aromatic carbocycles. The molecule has 0 radical (unpaired) electrons. The number of nitrogens with two attached hydrogens (primary N) is 2. The van der Waals surface area contributed by atoms with E-state index in [0.717, 1.165) is 144 Å². The van der Waals surface area contributed by atoms with Crippen molar-refractivity contribution in [3.8, 4) is 30.3 Å². The second-order valence-electron chi connectivity index (χ2n) is 30.3. The molecule has 0 spiro atoms. The number of benzene rings is 7. The second-order valence-corrected chi connectivity index (χ2v) is 30.3. The molecule has 0 bridgehead atoms. The molecule has 0 aliphatic carbocycles. The lowest BCUT2D eigenvalue weighted by molar-refractivity contribution is -0.120. The summed E-state index contributed by atoms with van der Waals surface area (Å²) in [4.78, 5) is 76.0. The van der Waals surface area contributed by atoms with Gasteiger partial charge in [-0.05, 0) is 237 Å². The molecule has 20 nitrogen and oxygen atoms in total. The number of aryl methyl sites for hydroxylation is 11. The zero-order chi connectivity index (χ0) is 89.5. The van der Waals surface area contributed by atoms with E-state index in [2.05, 4.69) is 166 Å². The quantitative estimate of drug-likeness (QED) is 0.0653. The normalized spacial score (nSPS) is 12.3. The number of nitriles is 5. The summed E-state index contributed by atoms with van der Waals surface area (Å²) in [5.74, 6) is -3.49. The summed E-state index contributed by atoms with van der Waals surface area (Å²) in [6.07, 6.45) is 4.77. The Bertz CT molecular complexity index is 6110. The number of carboxylic acid groups (broad SMARTS) is 1. The van der Waals surface area contributed by atoms with E-state index in [9.17, 15) is 29.4 Å². The van der Waals surface area contributed by atoms with Crippen LogP contribution in [0, 0.1) is 105 Å². The molecule has 7 unspecified atom stereocenters.